The summed E-state index contributed by atoms with van der Waals surface area (Å²) in [4.78, 5) is 14.4. The highest BCUT2D eigenvalue weighted by Crippen LogP contribution is 2.31. The number of anilines is 1. The van der Waals surface area contributed by atoms with E-state index in [9.17, 15) is 4.79 Å². The molecule has 4 heterocycles. The van der Waals surface area contributed by atoms with Crippen molar-refractivity contribution in [1.29, 1.82) is 5.26 Å². The zero-order valence-corrected chi connectivity index (χ0v) is 15.0. The van der Waals surface area contributed by atoms with Gasteiger partial charge in [0.25, 0.3) is 0 Å². The molecule has 1 N–H and O–H groups in total. The maximum Gasteiger partial charge on any atom is 0.240 e. The van der Waals surface area contributed by atoms with E-state index in [2.05, 4.69) is 31.6 Å². The third-order valence-corrected chi connectivity index (χ3v) is 5.40. The van der Waals surface area contributed by atoms with Gasteiger partial charge in [-0.15, -0.1) is 10.2 Å². The molecule has 136 valence electrons. The number of rotatable bonds is 4. The van der Waals surface area contributed by atoms with Gasteiger partial charge in [-0.3, -0.25) is 19.7 Å². The first-order valence-corrected chi connectivity index (χ1v) is 9.47. The Morgan fingerprint density at radius 2 is 2.35 bits per heavy atom. The maximum atomic E-state index is 12.4. The lowest BCUT2D eigenvalue weighted by Gasteiger charge is -2.18. The van der Waals surface area contributed by atoms with Gasteiger partial charge in [-0.1, -0.05) is 11.3 Å². The van der Waals surface area contributed by atoms with Crippen LogP contribution >= 0.6 is 11.3 Å². The fourth-order valence-corrected chi connectivity index (χ4v) is 4.11. The first-order valence-electron chi connectivity index (χ1n) is 8.65. The zero-order chi connectivity index (χ0) is 17.9. The van der Waals surface area contributed by atoms with Crippen molar-refractivity contribution in [3.8, 4) is 6.07 Å². The average Bonchev–Trinajstić information content (AvgIpc) is 3.34. The van der Waals surface area contributed by atoms with Crippen molar-refractivity contribution in [2.75, 3.05) is 25.0 Å². The minimum absolute atomic E-state index is 0.0124. The summed E-state index contributed by atoms with van der Waals surface area (Å²) < 4.78 is 7.45. The normalized spacial score (nSPS) is 20.3. The van der Waals surface area contributed by atoms with Crippen LogP contribution in [0.25, 0.3) is 0 Å². The van der Waals surface area contributed by atoms with Crippen LogP contribution in [-0.4, -0.2) is 50.5 Å². The van der Waals surface area contributed by atoms with E-state index in [1.165, 1.54) is 11.3 Å². The van der Waals surface area contributed by atoms with Gasteiger partial charge in [0.15, 0.2) is 5.69 Å². The number of carbonyl (C=O) groups excluding carboxylic acids is 1. The van der Waals surface area contributed by atoms with Crippen molar-refractivity contribution in [3.05, 3.63) is 22.5 Å². The molecule has 1 atom stereocenters. The molecule has 2 aliphatic rings. The molecule has 26 heavy (non-hydrogen) atoms. The zero-order valence-electron chi connectivity index (χ0n) is 14.2. The Bertz CT molecular complexity index is 834. The Morgan fingerprint density at radius 3 is 3.15 bits per heavy atom. The van der Waals surface area contributed by atoms with E-state index in [0.717, 1.165) is 49.7 Å². The third-order valence-electron chi connectivity index (χ3n) is 4.47. The first kappa shape index (κ1) is 17.1. The Balaban J connectivity index is 1.35. The molecule has 0 aliphatic carbocycles. The lowest BCUT2D eigenvalue weighted by atomic mass is 10.2. The largest absolute Gasteiger partial charge is 0.371 e. The topological polar surface area (TPSA) is 109 Å². The number of nitriles is 1. The van der Waals surface area contributed by atoms with Crippen LogP contribution in [0.2, 0.25) is 0 Å². The average molecular weight is 373 g/mol. The highest BCUT2D eigenvalue weighted by molar-refractivity contribution is 7.15. The lowest BCUT2D eigenvalue weighted by molar-refractivity contribution is -0.117. The second-order valence-electron chi connectivity index (χ2n) is 6.42. The van der Waals surface area contributed by atoms with Crippen LogP contribution in [0.5, 0.6) is 0 Å². The second kappa shape index (κ2) is 7.49. The summed E-state index contributed by atoms with van der Waals surface area (Å²) in [6.45, 7) is 3.18. The molecule has 1 saturated heterocycles. The molecule has 9 nitrogen and oxygen atoms in total. The van der Waals surface area contributed by atoms with Crippen LogP contribution in [0.4, 0.5) is 5.13 Å². The number of aryl methyl sites for hydroxylation is 1. The molecule has 0 aromatic carbocycles. The fourth-order valence-electron chi connectivity index (χ4n) is 3.27. The summed E-state index contributed by atoms with van der Waals surface area (Å²) in [7, 11) is 0. The van der Waals surface area contributed by atoms with E-state index >= 15 is 0 Å². The molecule has 0 saturated carbocycles. The van der Waals surface area contributed by atoms with Crippen LogP contribution in [0.3, 0.4) is 0 Å². The fraction of sp³-hybridized carbons (Fsp3) is 0.562. The van der Waals surface area contributed by atoms with E-state index in [0.29, 0.717) is 17.4 Å². The van der Waals surface area contributed by atoms with Gasteiger partial charge >= 0.3 is 0 Å². The van der Waals surface area contributed by atoms with Crippen molar-refractivity contribution in [2.45, 2.75) is 38.5 Å². The number of nitrogens with one attached hydrogen (secondary N) is 1. The third kappa shape index (κ3) is 3.75. The smallest absolute Gasteiger partial charge is 0.240 e. The quantitative estimate of drug-likeness (QED) is 0.860. The van der Waals surface area contributed by atoms with Crippen molar-refractivity contribution in [1.82, 2.24) is 24.9 Å². The van der Waals surface area contributed by atoms with Crippen molar-refractivity contribution in [3.63, 3.8) is 0 Å². The van der Waals surface area contributed by atoms with E-state index in [4.69, 9.17) is 10.00 Å². The summed E-state index contributed by atoms with van der Waals surface area (Å²) in [5.41, 5.74) is 1.38. The molecule has 0 spiro atoms. The highest BCUT2D eigenvalue weighted by Gasteiger charge is 2.23. The maximum absolute atomic E-state index is 12.4. The van der Waals surface area contributed by atoms with Crippen molar-refractivity contribution < 1.29 is 9.53 Å². The molecular weight excluding hydrogens is 354 g/mol. The lowest BCUT2D eigenvalue weighted by Crippen LogP contribution is -2.33. The van der Waals surface area contributed by atoms with E-state index in [-0.39, 0.29) is 18.6 Å². The van der Waals surface area contributed by atoms with E-state index < -0.39 is 0 Å². The highest BCUT2D eigenvalue weighted by atomic mass is 32.1. The molecule has 1 amide bonds. The first-order chi connectivity index (χ1) is 12.7. The molecule has 0 radical (unpaired) electrons. The monoisotopic (exact) mass is 373 g/mol. The Hall–Kier alpha value is -2.35. The predicted molar refractivity (Wildman–Crippen MR) is 93.3 cm³/mol. The summed E-state index contributed by atoms with van der Waals surface area (Å²) in [6.07, 6.45) is 2.88. The molecule has 10 heteroatoms. The molecule has 4 rings (SSSR count). The molecule has 1 fully saturated rings. The molecule has 2 aromatic rings. The molecule has 2 aliphatic heterocycles. The Labute approximate surface area is 154 Å². The van der Waals surface area contributed by atoms with Crippen LogP contribution in [0, 0.1) is 11.3 Å². The summed E-state index contributed by atoms with van der Waals surface area (Å²) in [5.74, 6) is -0.117. The minimum atomic E-state index is -0.117. The number of hydrogen-bond acceptors (Lipinski definition) is 8. The molecule has 0 bridgehead atoms. The number of fused-ring (bicyclic) bond motifs is 1. The van der Waals surface area contributed by atoms with Crippen LogP contribution < -0.4 is 5.32 Å². The number of nitrogens with zero attached hydrogens (tertiary/aromatic N) is 6. The Kier molecular flexibility index (Phi) is 4.92. The summed E-state index contributed by atoms with van der Waals surface area (Å²) >= 11 is 1.37. The van der Waals surface area contributed by atoms with Crippen molar-refractivity contribution >= 4 is 22.4 Å². The SMILES string of the molecule is N#Cc1cc2n(n1)CCCN(CC(=O)Nc1nnc(C3CCCO3)s1)C2. The van der Waals surface area contributed by atoms with Gasteiger partial charge in [0, 0.05) is 26.2 Å². The van der Waals surface area contributed by atoms with Gasteiger partial charge in [-0.2, -0.15) is 10.4 Å². The van der Waals surface area contributed by atoms with Gasteiger partial charge in [0.1, 0.15) is 17.2 Å². The minimum Gasteiger partial charge on any atom is -0.371 e. The second-order valence-corrected chi connectivity index (χ2v) is 7.42. The molecular formula is C16H19N7O2S. The predicted octanol–water partition coefficient (Wildman–Crippen LogP) is 1.30. The van der Waals surface area contributed by atoms with Crippen molar-refractivity contribution in [2.24, 2.45) is 0 Å². The number of amides is 1. The number of hydrogen-bond donors (Lipinski definition) is 1. The van der Waals surface area contributed by atoms with E-state index in [1.54, 1.807) is 6.07 Å². The van der Waals surface area contributed by atoms with Gasteiger partial charge < -0.3 is 4.74 Å². The van der Waals surface area contributed by atoms with E-state index in [1.807, 2.05) is 4.68 Å². The Morgan fingerprint density at radius 1 is 1.42 bits per heavy atom. The number of carbonyl (C=O) groups is 1. The summed E-state index contributed by atoms with van der Waals surface area (Å²) in [6, 6.07) is 3.85. The van der Waals surface area contributed by atoms with Gasteiger partial charge in [-0.25, -0.2) is 0 Å². The van der Waals surface area contributed by atoms with Crippen LogP contribution in [0.1, 0.15) is 41.8 Å². The van der Waals surface area contributed by atoms with Gasteiger partial charge in [0.05, 0.1) is 12.2 Å². The standard InChI is InChI=1S/C16H19N7O2S/c17-8-11-7-12-9-22(4-2-5-23(12)21-11)10-14(24)18-16-20-19-15(26-16)13-3-1-6-25-13/h7,13H,1-6,9-10H2,(H,18,20,24). The van der Waals surface area contributed by atoms with Crippen LogP contribution in [0.15, 0.2) is 6.07 Å². The number of aromatic nitrogens is 4. The molecule has 2 aromatic heterocycles. The summed E-state index contributed by atoms with van der Waals surface area (Å²) in [5, 5.41) is 25.6. The molecule has 1 unspecified atom stereocenters. The van der Waals surface area contributed by atoms with Gasteiger partial charge in [-0.05, 0) is 25.3 Å². The number of ether oxygens (including phenoxy) is 1. The van der Waals surface area contributed by atoms with Crippen LogP contribution in [-0.2, 0) is 22.6 Å². The van der Waals surface area contributed by atoms with Gasteiger partial charge in [0.2, 0.25) is 11.0 Å².